The second-order valence-electron chi connectivity index (χ2n) is 5.56. The zero-order valence-corrected chi connectivity index (χ0v) is 13.4. The molecule has 0 saturated carbocycles. The second kappa shape index (κ2) is 5.98. The summed E-state index contributed by atoms with van der Waals surface area (Å²) in [5.74, 6) is 0.735. The fourth-order valence-electron chi connectivity index (χ4n) is 2.89. The van der Waals surface area contributed by atoms with Gasteiger partial charge >= 0.3 is 0 Å². The van der Waals surface area contributed by atoms with Crippen molar-refractivity contribution in [2.24, 2.45) is 4.99 Å². The van der Waals surface area contributed by atoms with E-state index in [4.69, 9.17) is 16.6 Å². The summed E-state index contributed by atoms with van der Waals surface area (Å²) >= 11 is 6.13. The normalized spacial score (nSPS) is 16.0. The third-order valence-corrected chi connectivity index (χ3v) is 4.23. The number of anilines is 1. The quantitative estimate of drug-likeness (QED) is 0.744. The van der Waals surface area contributed by atoms with Crippen molar-refractivity contribution in [3.05, 3.63) is 98.9 Å². The summed E-state index contributed by atoms with van der Waals surface area (Å²) in [6, 6.07) is 18.8. The number of halogens is 1. The highest BCUT2D eigenvalue weighted by atomic mass is 35.5. The molecule has 0 saturated heterocycles. The fraction of sp³-hybridized carbons (Fsp3) is 0.0526. The van der Waals surface area contributed by atoms with E-state index >= 15 is 0 Å². The summed E-state index contributed by atoms with van der Waals surface area (Å²) in [5.41, 5.74) is 3.06. The summed E-state index contributed by atoms with van der Waals surface area (Å²) in [4.78, 5) is 19.9. The molecule has 1 atom stereocenters. The molecule has 5 heteroatoms. The Labute approximate surface area is 143 Å². The number of amidine groups is 1. The zero-order chi connectivity index (χ0) is 16.5. The Morgan fingerprint density at radius 3 is 2.62 bits per heavy atom. The number of fused-ring (bicyclic) bond motifs is 1. The highest BCUT2D eigenvalue weighted by molar-refractivity contribution is 6.30. The van der Waals surface area contributed by atoms with E-state index < -0.39 is 6.04 Å². The van der Waals surface area contributed by atoms with Gasteiger partial charge in [-0.2, -0.15) is 0 Å². The van der Waals surface area contributed by atoms with Crippen LogP contribution < -0.4 is 10.9 Å². The summed E-state index contributed by atoms with van der Waals surface area (Å²) in [7, 11) is 0. The molecule has 2 aromatic carbocycles. The first kappa shape index (κ1) is 14.7. The minimum absolute atomic E-state index is 0.152. The van der Waals surface area contributed by atoms with Crippen LogP contribution in [0.2, 0.25) is 5.02 Å². The molecule has 4 rings (SSSR count). The summed E-state index contributed by atoms with van der Waals surface area (Å²) in [6.45, 7) is 0. The Hall–Kier alpha value is -2.85. The van der Waals surface area contributed by atoms with Crippen LogP contribution in [0.5, 0.6) is 0 Å². The Morgan fingerprint density at radius 1 is 1.00 bits per heavy atom. The number of rotatable bonds is 2. The molecule has 0 amide bonds. The predicted octanol–water partition coefficient (Wildman–Crippen LogP) is 3.99. The minimum atomic E-state index is -0.403. The van der Waals surface area contributed by atoms with Crippen LogP contribution >= 0.6 is 11.6 Å². The molecule has 118 valence electrons. The first-order valence-electron chi connectivity index (χ1n) is 7.59. The SMILES string of the molecule is O=c1[nH]ccc2c1C(c1cccc(Cl)c1)N=C(c1ccccc1)N2. The maximum Gasteiger partial charge on any atom is 0.255 e. The number of aromatic nitrogens is 1. The molecule has 2 N–H and O–H groups in total. The average molecular weight is 336 g/mol. The van der Waals surface area contributed by atoms with Gasteiger partial charge in [-0.1, -0.05) is 54.1 Å². The van der Waals surface area contributed by atoms with Crippen LogP contribution in [-0.4, -0.2) is 10.8 Å². The average Bonchev–Trinajstić information content (AvgIpc) is 2.62. The third kappa shape index (κ3) is 2.61. The van der Waals surface area contributed by atoms with Crippen molar-refractivity contribution >= 4 is 23.1 Å². The molecular weight excluding hydrogens is 322 g/mol. The Kier molecular flexibility index (Phi) is 3.67. The second-order valence-corrected chi connectivity index (χ2v) is 6.00. The van der Waals surface area contributed by atoms with E-state index in [1.807, 2.05) is 60.7 Å². The van der Waals surface area contributed by atoms with E-state index in [1.165, 1.54) is 0 Å². The standard InChI is InChI=1S/C19H14ClN3O/c20-14-8-4-7-13(11-14)17-16-15(9-10-21-19(16)24)22-18(23-17)12-5-2-1-3-6-12/h1-11,17H,(H,21,24)(H,22,23). The first-order chi connectivity index (χ1) is 11.7. The topological polar surface area (TPSA) is 57.2 Å². The largest absolute Gasteiger partial charge is 0.340 e. The molecule has 1 aliphatic heterocycles. The van der Waals surface area contributed by atoms with Gasteiger partial charge in [0, 0.05) is 16.8 Å². The number of hydrogen-bond acceptors (Lipinski definition) is 3. The lowest BCUT2D eigenvalue weighted by molar-refractivity contribution is 0.842. The number of aliphatic imine (C=N–C) groups is 1. The zero-order valence-electron chi connectivity index (χ0n) is 12.7. The number of nitrogens with one attached hydrogen (secondary N) is 2. The van der Waals surface area contributed by atoms with E-state index in [1.54, 1.807) is 6.20 Å². The highest BCUT2D eigenvalue weighted by Crippen LogP contribution is 2.34. The van der Waals surface area contributed by atoms with E-state index in [-0.39, 0.29) is 5.56 Å². The van der Waals surface area contributed by atoms with E-state index in [2.05, 4.69) is 10.3 Å². The molecule has 2 heterocycles. The maximum atomic E-state index is 12.4. The van der Waals surface area contributed by atoms with Crippen molar-refractivity contribution in [3.8, 4) is 0 Å². The fourth-order valence-corrected chi connectivity index (χ4v) is 3.08. The van der Waals surface area contributed by atoms with Crippen LogP contribution in [0, 0.1) is 0 Å². The van der Waals surface area contributed by atoms with Crippen molar-refractivity contribution in [1.82, 2.24) is 4.98 Å². The molecule has 24 heavy (non-hydrogen) atoms. The number of nitrogens with zero attached hydrogens (tertiary/aromatic N) is 1. The van der Waals surface area contributed by atoms with Crippen LogP contribution in [0.25, 0.3) is 0 Å². The van der Waals surface area contributed by atoms with E-state index in [9.17, 15) is 4.79 Å². The molecule has 1 unspecified atom stereocenters. The summed E-state index contributed by atoms with van der Waals surface area (Å²) in [5, 5.41) is 3.89. The number of benzene rings is 2. The lowest BCUT2D eigenvalue weighted by atomic mass is 9.97. The van der Waals surface area contributed by atoms with Gasteiger partial charge in [-0.15, -0.1) is 0 Å². The van der Waals surface area contributed by atoms with Crippen molar-refractivity contribution in [2.45, 2.75) is 6.04 Å². The van der Waals surface area contributed by atoms with Crippen molar-refractivity contribution in [2.75, 3.05) is 5.32 Å². The smallest absolute Gasteiger partial charge is 0.255 e. The Morgan fingerprint density at radius 2 is 1.83 bits per heavy atom. The van der Waals surface area contributed by atoms with Crippen LogP contribution in [0.3, 0.4) is 0 Å². The molecule has 4 nitrogen and oxygen atoms in total. The molecule has 3 aromatic rings. The lowest BCUT2D eigenvalue weighted by Crippen LogP contribution is -2.27. The highest BCUT2D eigenvalue weighted by Gasteiger charge is 2.26. The van der Waals surface area contributed by atoms with Crippen molar-refractivity contribution in [1.29, 1.82) is 0 Å². The van der Waals surface area contributed by atoms with Gasteiger partial charge in [0.25, 0.3) is 5.56 Å². The number of hydrogen-bond donors (Lipinski definition) is 2. The monoisotopic (exact) mass is 335 g/mol. The predicted molar refractivity (Wildman–Crippen MR) is 97.0 cm³/mol. The molecular formula is C19H14ClN3O. The molecule has 0 spiro atoms. The van der Waals surface area contributed by atoms with Crippen LogP contribution in [-0.2, 0) is 0 Å². The number of H-pyrrole nitrogens is 1. The van der Waals surface area contributed by atoms with Gasteiger partial charge in [-0.05, 0) is 23.8 Å². The van der Waals surface area contributed by atoms with Gasteiger partial charge in [0.1, 0.15) is 11.9 Å². The first-order valence-corrected chi connectivity index (χ1v) is 7.97. The van der Waals surface area contributed by atoms with Crippen molar-refractivity contribution < 1.29 is 0 Å². The molecule has 0 radical (unpaired) electrons. The Balaban J connectivity index is 1.91. The molecule has 0 fully saturated rings. The van der Waals surface area contributed by atoms with Gasteiger partial charge in [0.2, 0.25) is 0 Å². The molecule has 1 aromatic heterocycles. The summed E-state index contributed by atoms with van der Waals surface area (Å²) < 4.78 is 0. The van der Waals surface area contributed by atoms with Gasteiger partial charge in [-0.25, -0.2) is 0 Å². The third-order valence-electron chi connectivity index (χ3n) is 4.00. The molecule has 0 aliphatic carbocycles. The number of pyridine rings is 1. The van der Waals surface area contributed by atoms with Gasteiger partial charge in [-0.3, -0.25) is 9.79 Å². The molecule has 0 bridgehead atoms. The van der Waals surface area contributed by atoms with Gasteiger partial charge in [0.15, 0.2) is 0 Å². The van der Waals surface area contributed by atoms with Crippen LogP contribution in [0.4, 0.5) is 5.69 Å². The van der Waals surface area contributed by atoms with Crippen LogP contribution in [0.1, 0.15) is 22.7 Å². The minimum Gasteiger partial charge on any atom is -0.340 e. The molecule has 1 aliphatic rings. The van der Waals surface area contributed by atoms with E-state index in [0.717, 1.165) is 22.6 Å². The van der Waals surface area contributed by atoms with Crippen molar-refractivity contribution in [3.63, 3.8) is 0 Å². The van der Waals surface area contributed by atoms with Gasteiger partial charge < -0.3 is 10.3 Å². The maximum absolute atomic E-state index is 12.4. The van der Waals surface area contributed by atoms with E-state index in [0.29, 0.717) is 10.6 Å². The van der Waals surface area contributed by atoms with Gasteiger partial charge in [0.05, 0.1) is 11.3 Å². The number of aromatic amines is 1. The Bertz CT molecular complexity index is 979. The lowest BCUT2D eigenvalue weighted by Gasteiger charge is -2.25. The van der Waals surface area contributed by atoms with Crippen LogP contribution in [0.15, 0.2) is 76.6 Å². The summed E-state index contributed by atoms with van der Waals surface area (Å²) in [6.07, 6.45) is 1.64.